The average molecular weight is 286 g/mol. The van der Waals surface area contributed by atoms with Gasteiger partial charge in [0.05, 0.1) is 7.11 Å². The van der Waals surface area contributed by atoms with E-state index >= 15 is 0 Å². The summed E-state index contributed by atoms with van der Waals surface area (Å²) in [7, 11) is 5.93. The molecular weight excluding hydrogens is 260 g/mol. The summed E-state index contributed by atoms with van der Waals surface area (Å²) in [6.45, 7) is 4.39. The first-order valence-electron chi connectivity index (χ1n) is 7.56. The van der Waals surface area contributed by atoms with Crippen molar-refractivity contribution in [3.63, 3.8) is 0 Å². The molecule has 0 heterocycles. The second kappa shape index (κ2) is 7.43. The fraction of sp³-hybridized carbons (Fsp3) is 0.444. The van der Waals surface area contributed by atoms with Gasteiger partial charge in [-0.3, -0.25) is 0 Å². The highest BCUT2D eigenvalue weighted by Crippen LogP contribution is 2.24. The summed E-state index contributed by atoms with van der Waals surface area (Å²) >= 11 is 0. The first-order valence-corrected chi connectivity index (χ1v) is 7.56. The number of hydrogen-bond donors (Lipinski definition) is 1. The van der Waals surface area contributed by atoms with Crippen LogP contribution in [0.4, 0.5) is 0 Å². The predicted molar refractivity (Wildman–Crippen MR) is 90.1 cm³/mol. The summed E-state index contributed by atoms with van der Waals surface area (Å²) in [5, 5.41) is 6.07. The van der Waals surface area contributed by atoms with Crippen molar-refractivity contribution in [1.82, 2.24) is 10.2 Å². The van der Waals surface area contributed by atoms with Gasteiger partial charge >= 0.3 is 0 Å². The molecule has 21 heavy (non-hydrogen) atoms. The number of nitrogens with zero attached hydrogens (tertiary/aromatic N) is 1. The van der Waals surface area contributed by atoms with Gasteiger partial charge in [-0.05, 0) is 75.1 Å². The number of nitrogens with one attached hydrogen (secondary N) is 1. The fourth-order valence-electron chi connectivity index (χ4n) is 2.47. The van der Waals surface area contributed by atoms with Crippen LogP contribution in [0.2, 0.25) is 0 Å². The summed E-state index contributed by atoms with van der Waals surface area (Å²) in [5.74, 6) is 0.908. The third kappa shape index (κ3) is 4.45. The number of ether oxygens (including phenoxy) is 1. The first-order chi connectivity index (χ1) is 10.1. The zero-order valence-electron chi connectivity index (χ0n) is 13.5. The molecule has 3 heteroatoms. The van der Waals surface area contributed by atoms with Crippen molar-refractivity contribution in [3.05, 3.63) is 42.0 Å². The summed E-state index contributed by atoms with van der Waals surface area (Å²) in [5.41, 5.74) is 1.33. The van der Waals surface area contributed by atoms with Gasteiger partial charge < -0.3 is 15.0 Å². The van der Waals surface area contributed by atoms with E-state index in [2.05, 4.69) is 61.6 Å². The zero-order chi connectivity index (χ0) is 15.2. The lowest BCUT2D eigenvalue weighted by Gasteiger charge is -2.16. The predicted octanol–water partition coefficient (Wildman–Crippen LogP) is 3.45. The largest absolute Gasteiger partial charge is 0.497 e. The Kier molecular flexibility index (Phi) is 5.59. The topological polar surface area (TPSA) is 24.5 Å². The lowest BCUT2D eigenvalue weighted by atomic mass is 10.0. The van der Waals surface area contributed by atoms with E-state index in [1.54, 1.807) is 7.11 Å². The maximum Gasteiger partial charge on any atom is 0.119 e. The molecule has 0 saturated carbocycles. The minimum Gasteiger partial charge on any atom is -0.497 e. The third-order valence-corrected chi connectivity index (χ3v) is 3.80. The molecule has 0 saturated heterocycles. The molecule has 2 rings (SSSR count). The quantitative estimate of drug-likeness (QED) is 0.789. The highest BCUT2D eigenvalue weighted by atomic mass is 16.5. The van der Waals surface area contributed by atoms with Crippen LogP contribution in [-0.2, 0) is 0 Å². The molecule has 0 spiro atoms. The molecule has 0 fully saturated rings. The lowest BCUT2D eigenvalue weighted by Crippen LogP contribution is -2.23. The summed E-state index contributed by atoms with van der Waals surface area (Å²) < 4.78 is 5.27. The normalized spacial score (nSPS) is 12.8. The Hall–Kier alpha value is -1.58. The number of fused-ring (bicyclic) bond motifs is 1. The van der Waals surface area contributed by atoms with Crippen molar-refractivity contribution in [1.29, 1.82) is 0 Å². The molecule has 114 valence electrons. The maximum atomic E-state index is 5.27. The van der Waals surface area contributed by atoms with Crippen LogP contribution in [0.15, 0.2) is 36.4 Å². The van der Waals surface area contributed by atoms with Crippen LogP contribution < -0.4 is 10.1 Å². The summed E-state index contributed by atoms with van der Waals surface area (Å²) in [4.78, 5) is 2.22. The van der Waals surface area contributed by atoms with Crippen LogP contribution in [0.3, 0.4) is 0 Å². The van der Waals surface area contributed by atoms with Gasteiger partial charge in [-0.25, -0.2) is 0 Å². The highest BCUT2D eigenvalue weighted by molar-refractivity contribution is 5.84. The van der Waals surface area contributed by atoms with E-state index in [0.717, 1.165) is 18.8 Å². The summed E-state index contributed by atoms with van der Waals surface area (Å²) in [6.07, 6.45) is 1.17. The van der Waals surface area contributed by atoms with E-state index in [1.165, 1.54) is 22.8 Å². The SMILES string of the molecule is COc1ccc2cc(C(C)NCCCN(C)C)ccc2c1. The molecule has 0 aliphatic heterocycles. The molecule has 1 atom stereocenters. The minimum atomic E-state index is 0.374. The minimum absolute atomic E-state index is 0.374. The molecular formula is C18H26N2O. The van der Waals surface area contributed by atoms with Crippen molar-refractivity contribution < 1.29 is 4.74 Å². The average Bonchev–Trinajstić information content (AvgIpc) is 2.50. The summed E-state index contributed by atoms with van der Waals surface area (Å²) in [6, 6.07) is 13.2. The van der Waals surface area contributed by atoms with Crippen LogP contribution in [-0.4, -0.2) is 39.2 Å². The number of methoxy groups -OCH3 is 1. The van der Waals surface area contributed by atoms with Crippen LogP contribution in [0.1, 0.15) is 24.9 Å². The van der Waals surface area contributed by atoms with Gasteiger partial charge in [-0.15, -0.1) is 0 Å². The molecule has 0 amide bonds. The molecule has 2 aromatic rings. The van der Waals surface area contributed by atoms with Crippen molar-refractivity contribution >= 4 is 10.8 Å². The molecule has 0 aliphatic carbocycles. The van der Waals surface area contributed by atoms with Gasteiger partial charge in [0.1, 0.15) is 5.75 Å². The molecule has 1 N–H and O–H groups in total. The van der Waals surface area contributed by atoms with Crippen LogP contribution in [0, 0.1) is 0 Å². The van der Waals surface area contributed by atoms with Gasteiger partial charge in [0.2, 0.25) is 0 Å². The Bertz CT molecular complexity index is 580. The van der Waals surface area contributed by atoms with E-state index in [-0.39, 0.29) is 0 Å². The standard InChI is InChI=1S/C18H26N2O/c1-14(19-10-5-11-20(2)3)15-6-7-17-13-18(21-4)9-8-16(17)12-15/h6-9,12-14,19H,5,10-11H2,1-4H3. The second-order valence-electron chi connectivity index (χ2n) is 5.81. The van der Waals surface area contributed by atoms with Crippen LogP contribution in [0.5, 0.6) is 5.75 Å². The number of hydrogen-bond acceptors (Lipinski definition) is 3. The zero-order valence-corrected chi connectivity index (χ0v) is 13.5. The Morgan fingerprint density at radius 3 is 2.52 bits per heavy atom. The van der Waals surface area contributed by atoms with E-state index in [0.29, 0.717) is 6.04 Å². The molecule has 0 aromatic heterocycles. The Morgan fingerprint density at radius 1 is 1.10 bits per heavy atom. The van der Waals surface area contributed by atoms with Crippen molar-refractivity contribution in [2.75, 3.05) is 34.3 Å². The molecule has 0 bridgehead atoms. The smallest absolute Gasteiger partial charge is 0.119 e. The fourth-order valence-corrected chi connectivity index (χ4v) is 2.47. The molecule has 3 nitrogen and oxygen atoms in total. The van der Waals surface area contributed by atoms with Gasteiger partial charge in [0.15, 0.2) is 0 Å². The van der Waals surface area contributed by atoms with Crippen molar-refractivity contribution in [2.24, 2.45) is 0 Å². The van der Waals surface area contributed by atoms with Gasteiger partial charge in [-0.1, -0.05) is 18.2 Å². The number of rotatable bonds is 7. The molecule has 2 aromatic carbocycles. The monoisotopic (exact) mass is 286 g/mol. The highest BCUT2D eigenvalue weighted by Gasteiger charge is 2.06. The lowest BCUT2D eigenvalue weighted by molar-refractivity contribution is 0.389. The molecule has 0 aliphatic rings. The maximum absolute atomic E-state index is 5.27. The molecule has 1 unspecified atom stereocenters. The first kappa shape index (κ1) is 15.8. The third-order valence-electron chi connectivity index (χ3n) is 3.80. The van der Waals surface area contributed by atoms with Crippen molar-refractivity contribution in [3.8, 4) is 5.75 Å². The van der Waals surface area contributed by atoms with E-state index in [1.807, 2.05) is 6.07 Å². The number of benzene rings is 2. The van der Waals surface area contributed by atoms with Gasteiger partial charge in [0.25, 0.3) is 0 Å². The van der Waals surface area contributed by atoms with E-state index in [9.17, 15) is 0 Å². The molecule has 0 radical (unpaired) electrons. The van der Waals surface area contributed by atoms with E-state index in [4.69, 9.17) is 4.74 Å². The van der Waals surface area contributed by atoms with Crippen molar-refractivity contribution in [2.45, 2.75) is 19.4 Å². The Morgan fingerprint density at radius 2 is 1.81 bits per heavy atom. The van der Waals surface area contributed by atoms with E-state index < -0.39 is 0 Å². The second-order valence-corrected chi connectivity index (χ2v) is 5.81. The Balaban J connectivity index is 2.01. The Labute approximate surface area is 127 Å². The van der Waals surface area contributed by atoms with Gasteiger partial charge in [0, 0.05) is 6.04 Å². The van der Waals surface area contributed by atoms with Crippen LogP contribution in [0.25, 0.3) is 10.8 Å². The van der Waals surface area contributed by atoms with Crippen LogP contribution >= 0.6 is 0 Å². The van der Waals surface area contributed by atoms with Gasteiger partial charge in [-0.2, -0.15) is 0 Å².